The molecule has 1 saturated carbocycles. The molecule has 2 aromatic rings. The molecule has 1 aromatic heterocycles. The SMILES string of the molecule is COc1ccc(OCC(=O)N2CCN(c3nnc(SCC(=O)NC4CCCC4)s3)CC2)cc1. The lowest BCUT2D eigenvalue weighted by molar-refractivity contribution is -0.133. The predicted octanol–water partition coefficient (Wildman–Crippen LogP) is 2.43. The van der Waals surface area contributed by atoms with E-state index in [2.05, 4.69) is 20.4 Å². The number of anilines is 1. The highest BCUT2D eigenvalue weighted by Crippen LogP contribution is 2.29. The Morgan fingerprint density at radius 1 is 1.09 bits per heavy atom. The zero-order valence-electron chi connectivity index (χ0n) is 18.7. The Kier molecular flexibility index (Phi) is 8.27. The molecule has 2 heterocycles. The third-order valence-corrected chi connectivity index (χ3v) is 7.88. The Bertz CT molecular complexity index is 925. The summed E-state index contributed by atoms with van der Waals surface area (Å²) < 4.78 is 11.5. The van der Waals surface area contributed by atoms with Gasteiger partial charge in [0.1, 0.15) is 11.5 Å². The van der Waals surface area contributed by atoms with Crippen LogP contribution in [0.3, 0.4) is 0 Å². The molecule has 33 heavy (non-hydrogen) atoms. The average Bonchev–Trinajstić information content (AvgIpc) is 3.54. The number of aromatic nitrogens is 2. The fourth-order valence-electron chi connectivity index (χ4n) is 3.91. The van der Waals surface area contributed by atoms with Crippen LogP contribution in [0.1, 0.15) is 25.7 Å². The number of thioether (sulfide) groups is 1. The third-order valence-electron chi connectivity index (χ3n) is 5.77. The van der Waals surface area contributed by atoms with Crippen LogP contribution in [0, 0.1) is 0 Å². The second-order valence-electron chi connectivity index (χ2n) is 8.02. The number of ether oxygens (including phenoxy) is 2. The van der Waals surface area contributed by atoms with Crippen molar-refractivity contribution in [2.45, 2.75) is 36.1 Å². The summed E-state index contributed by atoms with van der Waals surface area (Å²) in [5.74, 6) is 1.77. The van der Waals surface area contributed by atoms with Gasteiger partial charge in [-0.2, -0.15) is 0 Å². The molecule has 1 aromatic carbocycles. The van der Waals surface area contributed by atoms with Crippen molar-refractivity contribution in [3.8, 4) is 11.5 Å². The molecule has 1 aliphatic heterocycles. The van der Waals surface area contributed by atoms with E-state index in [9.17, 15) is 9.59 Å². The zero-order chi connectivity index (χ0) is 23.0. The van der Waals surface area contributed by atoms with E-state index in [-0.39, 0.29) is 18.4 Å². The lowest BCUT2D eigenvalue weighted by Gasteiger charge is -2.34. The molecule has 2 amide bonds. The molecule has 1 saturated heterocycles. The average molecular weight is 492 g/mol. The first-order chi connectivity index (χ1) is 16.1. The van der Waals surface area contributed by atoms with Gasteiger partial charge in [-0.3, -0.25) is 9.59 Å². The molecular formula is C22H29N5O4S2. The molecule has 4 rings (SSSR count). The van der Waals surface area contributed by atoms with Gasteiger partial charge < -0.3 is 24.6 Å². The molecule has 2 fully saturated rings. The van der Waals surface area contributed by atoms with Gasteiger partial charge >= 0.3 is 0 Å². The highest BCUT2D eigenvalue weighted by atomic mass is 32.2. The lowest BCUT2D eigenvalue weighted by Crippen LogP contribution is -2.50. The minimum Gasteiger partial charge on any atom is -0.497 e. The van der Waals surface area contributed by atoms with E-state index in [0.717, 1.165) is 28.1 Å². The number of hydrogen-bond donors (Lipinski definition) is 1. The minimum absolute atomic E-state index is 0.00878. The Balaban J connectivity index is 1.17. The Morgan fingerprint density at radius 3 is 2.48 bits per heavy atom. The number of amides is 2. The van der Waals surface area contributed by atoms with E-state index < -0.39 is 0 Å². The Morgan fingerprint density at radius 2 is 1.79 bits per heavy atom. The maximum absolute atomic E-state index is 12.5. The van der Waals surface area contributed by atoms with Crippen LogP contribution in [0.25, 0.3) is 0 Å². The first-order valence-electron chi connectivity index (χ1n) is 11.2. The molecule has 0 radical (unpaired) electrons. The predicted molar refractivity (Wildman–Crippen MR) is 128 cm³/mol. The molecule has 11 heteroatoms. The van der Waals surface area contributed by atoms with Gasteiger partial charge in [0.2, 0.25) is 11.0 Å². The molecule has 9 nitrogen and oxygen atoms in total. The van der Waals surface area contributed by atoms with Crippen LogP contribution in [-0.2, 0) is 9.59 Å². The van der Waals surface area contributed by atoms with Crippen LogP contribution in [-0.4, -0.2) is 78.6 Å². The fourth-order valence-corrected chi connectivity index (χ4v) is 5.61. The molecule has 1 N–H and O–H groups in total. The molecule has 1 aliphatic carbocycles. The normalized spacial score (nSPS) is 16.6. The largest absolute Gasteiger partial charge is 0.497 e. The molecule has 0 unspecified atom stereocenters. The standard InChI is InChI=1S/C22H29N5O4S2/c1-30-17-6-8-18(9-7-17)31-14-20(29)26-10-12-27(13-11-26)21-24-25-22(33-21)32-15-19(28)23-16-4-2-3-5-16/h6-9,16H,2-5,10-15H2,1H3,(H,23,28). The topological polar surface area (TPSA) is 96.9 Å². The summed E-state index contributed by atoms with van der Waals surface area (Å²) in [5.41, 5.74) is 0. The van der Waals surface area contributed by atoms with Gasteiger partial charge in [0.25, 0.3) is 5.91 Å². The number of hydrogen-bond acceptors (Lipinski definition) is 9. The van der Waals surface area contributed by atoms with E-state index in [4.69, 9.17) is 9.47 Å². The highest BCUT2D eigenvalue weighted by Gasteiger charge is 2.24. The van der Waals surface area contributed by atoms with E-state index in [1.165, 1.54) is 35.9 Å². The fraction of sp³-hybridized carbons (Fsp3) is 0.545. The zero-order valence-corrected chi connectivity index (χ0v) is 20.3. The maximum atomic E-state index is 12.5. The summed E-state index contributed by atoms with van der Waals surface area (Å²) in [6.45, 7) is 2.60. The van der Waals surface area contributed by atoms with Crippen LogP contribution in [0.5, 0.6) is 11.5 Å². The van der Waals surface area contributed by atoms with Gasteiger partial charge in [0.15, 0.2) is 10.9 Å². The first-order valence-corrected chi connectivity index (χ1v) is 13.0. The number of carbonyl (C=O) groups is 2. The molecule has 0 spiro atoms. The second kappa shape index (κ2) is 11.6. The van der Waals surface area contributed by atoms with Crippen molar-refractivity contribution in [1.82, 2.24) is 20.4 Å². The van der Waals surface area contributed by atoms with Crippen molar-refractivity contribution in [3.63, 3.8) is 0 Å². The smallest absolute Gasteiger partial charge is 0.260 e. The maximum Gasteiger partial charge on any atom is 0.260 e. The molecule has 2 aliphatic rings. The molecular weight excluding hydrogens is 462 g/mol. The number of methoxy groups -OCH3 is 1. The van der Waals surface area contributed by atoms with E-state index in [1.54, 1.807) is 31.4 Å². The van der Waals surface area contributed by atoms with Crippen molar-refractivity contribution < 1.29 is 19.1 Å². The van der Waals surface area contributed by atoms with Gasteiger partial charge in [0, 0.05) is 32.2 Å². The third kappa shape index (κ3) is 6.73. The highest BCUT2D eigenvalue weighted by molar-refractivity contribution is 8.01. The number of rotatable bonds is 9. The van der Waals surface area contributed by atoms with Crippen LogP contribution >= 0.6 is 23.1 Å². The van der Waals surface area contributed by atoms with Crippen molar-refractivity contribution in [2.24, 2.45) is 0 Å². The van der Waals surface area contributed by atoms with Crippen molar-refractivity contribution in [2.75, 3.05) is 50.5 Å². The summed E-state index contributed by atoms with van der Waals surface area (Å²) in [5, 5.41) is 12.4. The quantitative estimate of drug-likeness (QED) is 0.535. The number of piperazine rings is 1. The first kappa shape index (κ1) is 23.6. The van der Waals surface area contributed by atoms with Crippen molar-refractivity contribution in [3.05, 3.63) is 24.3 Å². The summed E-state index contributed by atoms with van der Waals surface area (Å²) in [6.07, 6.45) is 4.57. The van der Waals surface area contributed by atoms with Crippen molar-refractivity contribution in [1.29, 1.82) is 0 Å². The summed E-state index contributed by atoms with van der Waals surface area (Å²) >= 11 is 2.92. The van der Waals surface area contributed by atoms with Gasteiger partial charge in [-0.15, -0.1) is 10.2 Å². The monoisotopic (exact) mass is 491 g/mol. The van der Waals surface area contributed by atoms with Crippen molar-refractivity contribution >= 4 is 40.0 Å². The summed E-state index contributed by atoms with van der Waals surface area (Å²) in [4.78, 5) is 28.6. The Labute approximate surface area is 201 Å². The van der Waals surface area contributed by atoms with Gasteiger partial charge in [-0.25, -0.2) is 0 Å². The van der Waals surface area contributed by atoms with Crippen LogP contribution < -0.4 is 19.7 Å². The van der Waals surface area contributed by atoms with Gasteiger partial charge in [-0.1, -0.05) is 35.9 Å². The molecule has 0 bridgehead atoms. The number of benzene rings is 1. The van der Waals surface area contributed by atoms with E-state index >= 15 is 0 Å². The van der Waals surface area contributed by atoms with Gasteiger partial charge in [0.05, 0.1) is 12.9 Å². The van der Waals surface area contributed by atoms with E-state index in [0.29, 0.717) is 43.7 Å². The lowest BCUT2D eigenvalue weighted by atomic mass is 10.2. The number of nitrogens with one attached hydrogen (secondary N) is 1. The summed E-state index contributed by atoms with van der Waals surface area (Å²) in [7, 11) is 1.61. The second-order valence-corrected chi connectivity index (χ2v) is 10.2. The van der Waals surface area contributed by atoms with Crippen LogP contribution in [0.2, 0.25) is 0 Å². The minimum atomic E-state index is -0.0350. The number of nitrogens with zero attached hydrogens (tertiary/aromatic N) is 4. The van der Waals surface area contributed by atoms with Crippen LogP contribution in [0.4, 0.5) is 5.13 Å². The van der Waals surface area contributed by atoms with E-state index in [1.807, 2.05) is 4.90 Å². The van der Waals surface area contributed by atoms with Crippen LogP contribution in [0.15, 0.2) is 28.6 Å². The summed E-state index contributed by atoms with van der Waals surface area (Å²) in [6, 6.07) is 7.51. The molecule has 0 atom stereocenters. The Hall–Kier alpha value is -2.53. The molecule has 178 valence electrons. The van der Waals surface area contributed by atoms with Gasteiger partial charge in [-0.05, 0) is 37.1 Å². The number of carbonyl (C=O) groups excluding carboxylic acids is 2.